The van der Waals surface area contributed by atoms with Gasteiger partial charge < -0.3 is 15.0 Å². The maximum atomic E-state index is 13.1. The lowest BCUT2D eigenvalue weighted by atomic mass is 10.1. The minimum atomic E-state index is -0.640. The van der Waals surface area contributed by atoms with Gasteiger partial charge in [0.2, 0.25) is 5.91 Å². The van der Waals surface area contributed by atoms with Gasteiger partial charge in [0, 0.05) is 25.2 Å². The number of ether oxygens (including phenoxy) is 1. The van der Waals surface area contributed by atoms with Crippen LogP contribution in [0.2, 0.25) is 0 Å². The quantitative estimate of drug-likeness (QED) is 0.794. The van der Waals surface area contributed by atoms with Gasteiger partial charge in [0.15, 0.2) is 6.61 Å². The molecular weight excluding hydrogens is 351 g/mol. The average molecular weight is 370 g/mol. The van der Waals surface area contributed by atoms with Gasteiger partial charge in [-0.25, -0.2) is 9.18 Å². The maximum Gasteiger partial charge on any atom is 0.338 e. The Morgan fingerprint density at radius 3 is 2.70 bits per heavy atom. The lowest BCUT2D eigenvalue weighted by Gasteiger charge is -2.15. The maximum absolute atomic E-state index is 13.1. The van der Waals surface area contributed by atoms with Crippen LogP contribution in [0.1, 0.15) is 28.8 Å². The zero-order valence-corrected chi connectivity index (χ0v) is 14.6. The van der Waals surface area contributed by atoms with Crippen LogP contribution in [0, 0.1) is 5.82 Å². The van der Waals surface area contributed by atoms with Crippen molar-refractivity contribution < 1.29 is 23.5 Å². The Morgan fingerprint density at radius 2 is 1.96 bits per heavy atom. The van der Waals surface area contributed by atoms with Crippen LogP contribution in [0.3, 0.4) is 0 Å². The molecule has 2 amide bonds. The molecule has 1 aliphatic rings. The summed E-state index contributed by atoms with van der Waals surface area (Å²) in [6.07, 6.45) is 1.41. The predicted molar refractivity (Wildman–Crippen MR) is 96.4 cm³/mol. The number of rotatable bonds is 6. The number of carbonyl (C=O) groups excluding carboxylic acids is 3. The number of esters is 1. The summed E-state index contributed by atoms with van der Waals surface area (Å²) >= 11 is 0. The predicted octanol–water partition coefficient (Wildman–Crippen LogP) is 2.74. The molecule has 2 aromatic rings. The summed E-state index contributed by atoms with van der Waals surface area (Å²) in [5, 5.41) is 2.45. The van der Waals surface area contributed by atoms with E-state index in [1.54, 1.807) is 23.1 Å². The zero-order valence-electron chi connectivity index (χ0n) is 14.6. The SMILES string of the molecule is O=C(COC(=O)c1cccc(CN2CCCC2=O)c1)Nc1cccc(F)c1. The Bertz CT molecular complexity index is 869. The highest BCUT2D eigenvalue weighted by Gasteiger charge is 2.20. The third-order valence-electron chi connectivity index (χ3n) is 4.15. The van der Waals surface area contributed by atoms with Gasteiger partial charge in [0.1, 0.15) is 5.82 Å². The second-order valence-electron chi connectivity index (χ2n) is 6.25. The summed E-state index contributed by atoms with van der Waals surface area (Å²) in [5.74, 6) is -1.57. The van der Waals surface area contributed by atoms with Crippen LogP contribution in [-0.4, -0.2) is 35.8 Å². The fourth-order valence-electron chi connectivity index (χ4n) is 2.87. The van der Waals surface area contributed by atoms with Crippen molar-refractivity contribution in [1.29, 1.82) is 0 Å². The molecule has 0 radical (unpaired) electrons. The summed E-state index contributed by atoms with van der Waals surface area (Å²) in [6, 6.07) is 12.2. The summed E-state index contributed by atoms with van der Waals surface area (Å²) in [7, 11) is 0. The first-order valence-corrected chi connectivity index (χ1v) is 8.60. The Kier molecular flexibility index (Phi) is 5.80. The summed E-state index contributed by atoms with van der Waals surface area (Å²) < 4.78 is 18.1. The molecule has 0 spiro atoms. The van der Waals surface area contributed by atoms with E-state index in [9.17, 15) is 18.8 Å². The first-order chi connectivity index (χ1) is 13.0. The number of nitrogens with zero attached hydrogens (tertiary/aromatic N) is 1. The third-order valence-corrected chi connectivity index (χ3v) is 4.15. The van der Waals surface area contributed by atoms with Crippen molar-refractivity contribution in [2.45, 2.75) is 19.4 Å². The summed E-state index contributed by atoms with van der Waals surface area (Å²) in [4.78, 5) is 37.5. The van der Waals surface area contributed by atoms with Crippen molar-refractivity contribution >= 4 is 23.5 Å². The van der Waals surface area contributed by atoms with Crippen molar-refractivity contribution in [3.63, 3.8) is 0 Å². The number of hydrogen-bond acceptors (Lipinski definition) is 4. The molecule has 0 aliphatic carbocycles. The van der Waals surface area contributed by atoms with Gasteiger partial charge in [-0.3, -0.25) is 9.59 Å². The van der Waals surface area contributed by atoms with Crippen molar-refractivity contribution in [2.24, 2.45) is 0 Å². The second-order valence-corrected chi connectivity index (χ2v) is 6.25. The monoisotopic (exact) mass is 370 g/mol. The van der Waals surface area contributed by atoms with Crippen molar-refractivity contribution in [3.05, 3.63) is 65.5 Å². The van der Waals surface area contributed by atoms with Crippen LogP contribution in [0.15, 0.2) is 48.5 Å². The normalized spacial score (nSPS) is 13.5. The van der Waals surface area contributed by atoms with Gasteiger partial charge in [-0.05, 0) is 42.3 Å². The van der Waals surface area contributed by atoms with E-state index in [2.05, 4.69) is 5.32 Å². The molecule has 2 aromatic carbocycles. The molecule has 1 heterocycles. The van der Waals surface area contributed by atoms with Crippen LogP contribution in [0.25, 0.3) is 0 Å². The minimum Gasteiger partial charge on any atom is -0.452 e. The zero-order chi connectivity index (χ0) is 19.2. The molecular formula is C20H19FN2O4. The highest BCUT2D eigenvalue weighted by molar-refractivity contribution is 5.95. The lowest BCUT2D eigenvalue weighted by molar-refractivity contribution is -0.128. The number of benzene rings is 2. The average Bonchev–Trinajstić information content (AvgIpc) is 3.04. The van der Waals surface area contributed by atoms with E-state index in [0.717, 1.165) is 12.0 Å². The molecule has 3 rings (SSSR count). The molecule has 0 unspecified atom stereocenters. The summed E-state index contributed by atoms with van der Waals surface area (Å²) in [5.41, 5.74) is 1.41. The molecule has 1 N–H and O–H groups in total. The Balaban J connectivity index is 1.53. The van der Waals surface area contributed by atoms with Gasteiger partial charge in [-0.1, -0.05) is 18.2 Å². The molecule has 0 aromatic heterocycles. The van der Waals surface area contributed by atoms with Crippen molar-refractivity contribution in [3.8, 4) is 0 Å². The molecule has 1 fully saturated rings. The van der Waals surface area contributed by atoms with Crippen LogP contribution >= 0.6 is 0 Å². The van der Waals surface area contributed by atoms with Gasteiger partial charge in [0.25, 0.3) is 5.91 Å². The van der Waals surface area contributed by atoms with E-state index in [1.165, 1.54) is 24.3 Å². The lowest BCUT2D eigenvalue weighted by Crippen LogP contribution is -2.24. The van der Waals surface area contributed by atoms with Crippen LogP contribution in [-0.2, 0) is 20.9 Å². The summed E-state index contributed by atoms with van der Waals surface area (Å²) in [6.45, 7) is 0.679. The van der Waals surface area contributed by atoms with Crippen molar-refractivity contribution in [2.75, 3.05) is 18.5 Å². The number of halogens is 1. The molecule has 0 saturated carbocycles. The highest BCUT2D eigenvalue weighted by atomic mass is 19.1. The van der Waals surface area contributed by atoms with E-state index in [4.69, 9.17) is 4.74 Å². The number of hydrogen-bond donors (Lipinski definition) is 1. The molecule has 1 saturated heterocycles. The van der Waals surface area contributed by atoms with E-state index in [-0.39, 0.29) is 11.6 Å². The third kappa shape index (κ3) is 5.13. The first-order valence-electron chi connectivity index (χ1n) is 8.60. The molecule has 140 valence electrons. The molecule has 0 atom stereocenters. The largest absolute Gasteiger partial charge is 0.452 e. The van der Waals surface area contributed by atoms with E-state index < -0.39 is 24.3 Å². The number of carbonyl (C=O) groups is 3. The van der Waals surface area contributed by atoms with E-state index >= 15 is 0 Å². The molecule has 1 aliphatic heterocycles. The highest BCUT2D eigenvalue weighted by Crippen LogP contribution is 2.16. The Hall–Kier alpha value is -3.22. The van der Waals surface area contributed by atoms with E-state index in [0.29, 0.717) is 25.1 Å². The number of likely N-dealkylation sites (tertiary alicyclic amines) is 1. The Labute approximate surface area is 155 Å². The van der Waals surface area contributed by atoms with E-state index in [1.807, 2.05) is 6.07 Å². The van der Waals surface area contributed by atoms with Crippen LogP contribution < -0.4 is 5.32 Å². The van der Waals surface area contributed by atoms with Crippen molar-refractivity contribution in [1.82, 2.24) is 4.90 Å². The van der Waals surface area contributed by atoms with Gasteiger partial charge in [-0.2, -0.15) is 0 Å². The molecule has 6 nitrogen and oxygen atoms in total. The van der Waals surface area contributed by atoms with Crippen LogP contribution in [0.5, 0.6) is 0 Å². The fourth-order valence-corrected chi connectivity index (χ4v) is 2.87. The first kappa shape index (κ1) is 18.6. The van der Waals surface area contributed by atoms with Crippen LogP contribution in [0.4, 0.5) is 10.1 Å². The number of nitrogens with one attached hydrogen (secondary N) is 1. The van der Waals surface area contributed by atoms with Gasteiger partial charge in [0.05, 0.1) is 5.56 Å². The van der Waals surface area contributed by atoms with Gasteiger partial charge in [-0.15, -0.1) is 0 Å². The fraction of sp³-hybridized carbons (Fsp3) is 0.250. The molecule has 0 bridgehead atoms. The minimum absolute atomic E-state index is 0.108. The molecule has 7 heteroatoms. The number of anilines is 1. The molecule has 27 heavy (non-hydrogen) atoms. The standard InChI is InChI=1S/C20H19FN2O4/c21-16-6-2-7-17(11-16)22-18(24)13-27-20(26)15-5-1-4-14(10-15)12-23-9-3-8-19(23)25/h1-2,4-7,10-11H,3,8-9,12-13H2,(H,22,24). The Morgan fingerprint density at radius 1 is 1.15 bits per heavy atom. The topological polar surface area (TPSA) is 75.7 Å². The number of amides is 2. The van der Waals surface area contributed by atoms with Gasteiger partial charge >= 0.3 is 5.97 Å². The second kappa shape index (κ2) is 8.44. The smallest absolute Gasteiger partial charge is 0.338 e.